The molecule has 4 nitrogen and oxygen atoms in total. The molecule has 0 aliphatic carbocycles. The maximum Gasteiger partial charge on any atom is 0.181 e. The lowest BCUT2D eigenvalue weighted by Gasteiger charge is -2.10. The first-order valence-electron chi connectivity index (χ1n) is 5.39. The number of aliphatic hydroxyl groups excluding tert-OH is 2. The van der Waals surface area contributed by atoms with Crippen molar-refractivity contribution in [2.75, 3.05) is 6.61 Å². The number of benzene rings is 1. The van der Waals surface area contributed by atoms with Crippen molar-refractivity contribution in [2.24, 2.45) is 0 Å². The maximum atomic E-state index is 9.25. The van der Waals surface area contributed by atoms with Gasteiger partial charge in [0.25, 0.3) is 0 Å². The molecular weight excluding hydrogens is 208 g/mol. The van der Waals surface area contributed by atoms with E-state index in [1.165, 1.54) is 0 Å². The van der Waals surface area contributed by atoms with Crippen LogP contribution in [0.4, 0.5) is 0 Å². The van der Waals surface area contributed by atoms with Gasteiger partial charge in [0.1, 0.15) is 6.10 Å². The lowest BCUT2D eigenvalue weighted by Crippen LogP contribution is -2.19. The molecule has 2 N–H and O–H groups in total. The Labute approximate surface area is 94.4 Å². The Bertz CT molecular complexity index is 304. The largest absolute Gasteiger partial charge is 0.388 e. The second-order valence-electron chi connectivity index (χ2n) is 3.95. The molecule has 0 spiro atoms. The molecule has 0 bridgehead atoms. The standard InChI is InChI=1S/C12H16O4/c13-11-6-10(16-12(11)14)8-15-7-9-4-2-1-3-5-9/h1-5,10-14H,6-8H2/t10-,11+,12?/m1/s1. The Kier molecular flexibility index (Phi) is 3.90. The molecule has 1 saturated heterocycles. The van der Waals surface area contributed by atoms with Crippen LogP contribution in [0, 0.1) is 0 Å². The molecule has 1 aliphatic rings. The Balaban J connectivity index is 1.69. The maximum absolute atomic E-state index is 9.25. The van der Waals surface area contributed by atoms with Crippen molar-refractivity contribution < 1.29 is 19.7 Å². The summed E-state index contributed by atoms with van der Waals surface area (Å²) in [5.41, 5.74) is 1.10. The van der Waals surface area contributed by atoms with Crippen LogP contribution in [0.3, 0.4) is 0 Å². The first-order valence-corrected chi connectivity index (χ1v) is 5.39. The first kappa shape index (κ1) is 11.5. The minimum Gasteiger partial charge on any atom is -0.388 e. The summed E-state index contributed by atoms with van der Waals surface area (Å²) in [4.78, 5) is 0. The number of ether oxygens (including phenoxy) is 2. The fourth-order valence-electron chi connectivity index (χ4n) is 1.72. The van der Waals surface area contributed by atoms with Gasteiger partial charge in [-0.1, -0.05) is 30.3 Å². The van der Waals surface area contributed by atoms with E-state index in [9.17, 15) is 5.11 Å². The van der Waals surface area contributed by atoms with E-state index >= 15 is 0 Å². The predicted molar refractivity (Wildman–Crippen MR) is 57.6 cm³/mol. The third-order valence-electron chi connectivity index (χ3n) is 2.58. The molecule has 1 fully saturated rings. The van der Waals surface area contributed by atoms with Crippen LogP contribution >= 0.6 is 0 Å². The molecule has 1 heterocycles. The van der Waals surface area contributed by atoms with Crippen molar-refractivity contribution in [1.82, 2.24) is 0 Å². The number of hydrogen-bond donors (Lipinski definition) is 2. The Hall–Kier alpha value is -0.940. The van der Waals surface area contributed by atoms with E-state index in [-0.39, 0.29) is 6.10 Å². The van der Waals surface area contributed by atoms with Crippen molar-refractivity contribution in [3.05, 3.63) is 35.9 Å². The van der Waals surface area contributed by atoms with Gasteiger partial charge < -0.3 is 19.7 Å². The molecule has 0 saturated carbocycles. The Morgan fingerprint density at radius 1 is 1.25 bits per heavy atom. The van der Waals surface area contributed by atoms with Gasteiger partial charge in [0, 0.05) is 6.42 Å². The molecule has 2 rings (SSSR count). The van der Waals surface area contributed by atoms with E-state index in [1.54, 1.807) is 0 Å². The number of hydrogen-bond acceptors (Lipinski definition) is 4. The zero-order valence-electron chi connectivity index (χ0n) is 8.95. The molecule has 0 aromatic heterocycles. The average Bonchev–Trinajstić information content (AvgIpc) is 2.60. The zero-order chi connectivity index (χ0) is 11.4. The third-order valence-corrected chi connectivity index (χ3v) is 2.58. The van der Waals surface area contributed by atoms with Gasteiger partial charge in [-0.2, -0.15) is 0 Å². The minimum atomic E-state index is -1.06. The van der Waals surface area contributed by atoms with E-state index < -0.39 is 12.4 Å². The topological polar surface area (TPSA) is 58.9 Å². The normalized spacial score (nSPS) is 29.5. The predicted octanol–water partition coefficient (Wildman–Crippen LogP) is 0.671. The van der Waals surface area contributed by atoms with E-state index in [4.69, 9.17) is 14.6 Å². The summed E-state index contributed by atoms with van der Waals surface area (Å²) in [5.74, 6) is 0. The second kappa shape index (κ2) is 5.41. The summed E-state index contributed by atoms with van der Waals surface area (Å²) in [6, 6.07) is 9.84. The average molecular weight is 224 g/mol. The summed E-state index contributed by atoms with van der Waals surface area (Å²) in [6.45, 7) is 0.913. The van der Waals surface area contributed by atoms with Crippen LogP contribution in [-0.2, 0) is 16.1 Å². The van der Waals surface area contributed by atoms with Gasteiger partial charge in [-0.15, -0.1) is 0 Å². The van der Waals surface area contributed by atoms with Crippen LogP contribution in [0.2, 0.25) is 0 Å². The zero-order valence-corrected chi connectivity index (χ0v) is 8.95. The van der Waals surface area contributed by atoms with Gasteiger partial charge in [0.05, 0.1) is 19.3 Å². The first-order chi connectivity index (χ1) is 7.75. The quantitative estimate of drug-likeness (QED) is 0.789. The molecule has 1 aromatic carbocycles. The van der Waals surface area contributed by atoms with Crippen LogP contribution in [-0.4, -0.2) is 35.3 Å². The Morgan fingerprint density at radius 2 is 2.00 bits per heavy atom. The van der Waals surface area contributed by atoms with Gasteiger partial charge in [0.2, 0.25) is 0 Å². The second-order valence-corrected chi connectivity index (χ2v) is 3.95. The fraction of sp³-hybridized carbons (Fsp3) is 0.500. The van der Waals surface area contributed by atoms with Crippen molar-refractivity contribution >= 4 is 0 Å². The van der Waals surface area contributed by atoms with Crippen molar-refractivity contribution in [1.29, 1.82) is 0 Å². The van der Waals surface area contributed by atoms with Crippen LogP contribution < -0.4 is 0 Å². The molecule has 0 radical (unpaired) electrons. The van der Waals surface area contributed by atoms with Crippen molar-refractivity contribution in [3.8, 4) is 0 Å². The SMILES string of the molecule is OC1O[C@@H](COCc2ccccc2)C[C@@H]1O. The molecule has 1 aliphatic heterocycles. The molecule has 3 atom stereocenters. The summed E-state index contributed by atoms with van der Waals surface area (Å²) < 4.78 is 10.5. The smallest absolute Gasteiger partial charge is 0.181 e. The molecule has 1 aromatic rings. The molecule has 1 unspecified atom stereocenters. The molecule has 88 valence electrons. The lowest BCUT2D eigenvalue weighted by molar-refractivity contribution is -0.137. The highest BCUT2D eigenvalue weighted by atomic mass is 16.6. The third kappa shape index (κ3) is 3.02. The van der Waals surface area contributed by atoms with Gasteiger partial charge in [-0.3, -0.25) is 0 Å². The highest BCUT2D eigenvalue weighted by molar-refractivity contribution is 5.13. The van der Waals surface area contributed by atoms with E-state index in [0.29, 0.717) is 19.6 Å². The van der Waals surface area contributed by atoms with Gasteiger partial charge in [0.15, 0.2) is 6.29 Å². The van der Waals surface area contributed by atoms with E-state index in [2.05, 4.69) is 0 Å². The summed E-state index contributed by atoms with van der Waals surface area (Å²) in [6.07, 6.45) is -1.64. The van der Waals surface area contributed by atoms with Crippen molar-refractivity contribution in [2.45, 2.75) is 31.5 Å². The van der Waals surface area contributed by atoms with Crippen LogP contribution in [0.25, 0.3) is 0 Å². The molecule has 0 amide bonds. The summed E-state index contributed by atoms with van der Waals surface area (Å²) >= 11 is 0. The van der Waals surface area contributed by atoms with Gasteiger partial charge >= 0.3 is 0 Å². The summed E-state index contributed by atoms with van der Waals surface area (Å²) in [7, 11) is 0. The Morgan fingerprint density at radius 3 is 2.62 bits per heavy atom. The van der Waals surface area contributed by atoms with E-state index in [1.807, 2.05) is 30.3 Å². The number of aliphatic hydroxyl groups is 2. The lowest BCUT2D eigenvalue weighted by atomic mass is 10.2. The van der Waals surface area contributed by atoms with Gasteiger partial charge in [-0.05, 0) is 5.56 Å². The minimum absolute atomic E-state index is 0.214. The van der Waals surface area contributed by atoms with Gasteiger partial charge in [-0.25, -0.2) is 0 Å². The van der Waals surface area contributed by atoms with Crippen LogP contribution in [0.15, 0.2) is 30.3 Å². The summed E-state index contributed by atoms with van der Waals surface area (Å²) in [5, 5.41) is 18.4. The highest BCUT2D eigenvalue weighted by Gasteiger charge is 2.32. The molecular formula is C12H16O4. The van der Waals surface area contributed by atoms with Crippen LogP contribution in [0.5, 0.6) is 0 Å². The van der Waals surface area contributed by atoms with Crippen LogP contribution in [0.1, 0.15) is 12.0 Å². The monoisotopic (exact) mass is 224 g/mol. The molecule has 16 heavy (non-hydrogen) atoms. The fourth-order valence-corrected chi connectivity index (χ4v) is 1.72. The van der Waals surface area contributed by atoms with E-state index in [0.717, 1.165) is 5.56 Å². The molecule has 4 heteroatoms. The van der Waals surface area contributed by atoms with Crippen molar-refractivity contribution in [3.63, 3.8) is 0 Å². The number of rotatable bonds is 4. The highest BCUT2D eigenvalue weighted by Crippen LogP contribution is 2.18.